The number of fused-ring (bicyclic) bond motifs is 3. The van der Waals surface area contributed by atoms with Gasteiger partial charge in [0.05, 0.1) is 12.6 Å². The average Bonchev–Trinajstić information content (AvgIpc) is 2.95. The van der Waals surface area contributed by atoms with Crippen molar-refractivity contribution in [3.63, 3.8) is 0 Å². The van der Waals surface area contributed by atoms with Crippen molar-refractivity contribution in [2.75, 3.05) is 20.7 Å². The number of nitroso groups, excluding NO2 is 1. The molecule has 4 rings (SSSR count). The van der Waals surface area contributed by atoms with Gasteiger partial charge in [0.2, 0.25) is 5.88 Å². The molecule has 0 amide bonds. The van der Waals surface area contributed by atoms with Crippen molar-refractivity contribution in [1.29, 1.82) is 0 Å². The molecule has 0 saturated heterocycles. The van der Waals surface area contributed by atoms with Crippen LogP contribution in [0.2, 0.25) is 0 Å². The van der Waals surface area contributed by atoms with Crippen molar-refractivity contribution < 1.29 is 18.6 Å². The van der Waals surface area contributed by atoms with Gasteiger partial charge in [-0.3, -0.25) is 0 Å². The standard InChI is InChI=1S/C19H17F2N3O3/c1-24-4-3-10-11(12-5-9(20)6-15(21)18(12)27-2)7-13-16(14(10)8-24)22-19(25)17(13)23-26/h5-7,22,25H,3-4,8H2,1-2H3. The zero-order chi connectivity index (χ0) is 19.3. The Kier molecular flexibility index (Phi) is 4.07. The van der Waals surface area contributed by atoms with Crippen LogP contribution in [0.25, 0.3) is 22.0 Å². The van der Waals surface area contributed by atoms with Gasteiger partial charge in [-0.15, -0.1) is 4.91 Å². The smallest absolute Gasteiger partial charge is 0.219 e. The van der Waals surface area contributed by atoms with Crippen LogP contribution in [0.4, 0.5) is 14.5 Å². The number of aromatic nitrogens is 1. The second-order valence-corrected chi connectivity index (χ2v) is 6.67. The van der Waals surface area contributed by atoms with Crippen molar-refractivity contribution in [2.45, 2.75) is 13.0 Å². The lowest BCUT2D eigenvalue weighted by Crippen LogP contribution is -2.27. The molecule has 0 atom stereocenters. The molecule has 1 aliphatic heterocycles. The van der Waals surface area contributed by atoms with Crippen LogP contribution in [-0.2, 0) is 13.0 Å². The van der Waals surface area contributed by atoms with Crippen LogP contribution in [-0.4, -0.2) is 35.7 Å². The number of rotatable bonds is 3. The SMILES string of the molecule is COc1c(F)cc(F)cc1-c1cc2c(N=O)c(O)[nH]c2c2c1CCN(C)C2. The van der Waals surface area contributed by atoms with E-state index in [-0.39, 0.29) is 22.9 Å². The van der Waals surface area contributed by atoms with Crippen LogP contribution in [0.1, 0.15) is 11.1 Å². The first-order chi connectivity index (χ1) is 12.9. The highest BCUT2D eigenvalue weighted by Gasteiger charge is 2.26. The fourth-order valence-corrected chi connectivity index (χ4v) is 3.83. The number of nitrogens with one attached hydrogen (secondary N) is 1. The summed E-state index contributed by atoms with van der Waals surface area (Å²) in [6, 6.07) is 3.60. The molecule has 0 aliphatic carbocycles. The van der Waals surface area contributed by atoms with Gasteiger partial charge in [-0.05, 0) is 47.5 Å². The molecule has 1 aromatic heterocycles. The molecular weight excluding hydrogens is 356 g/mol. The van der Waals surface area contributed by atoms with Crippen LogP contribution in [0, 0.1) is 16.5 Å². The summed E-state index contributed by atoms with van der Waals surface area (Å²) < 4.78 is 33.4. The second kappa shape index (κ2) is 6.31. The van der Waals surface area contributed by atoms with Gasteiger partial charge >= 0.3 is 0 Å². The summed E-state index contributed by atoms with van der Waals surface area (Å²) >= 11 is 0. The van der Waals surface area contributed by atoms with Gasteiger partial charge in [0.1, 0.15) is 5.82 Å². The molecule has 2 heterocycles. The van der Waals surface area contributed by atoms with Crippen LogP contribution in [0.3, 0.4) is 0 Å². The van der Waals surface area contributed by atoms with Crippen LogP contribution >= 0.6 is 0 Å². The van der Waals surface area contributed by atoms with Crippen molar-refractivity contribution in [1.82, 2.24) is 9.88 Å². The van der Waals surface area contributed by atoms with Crippen molar-refractivity contribution >= 4 is 16.6 Å². The number of nitrogens with zero attached hydrogens (tertiary/aromatic N) is 2. The van der Waals surface area contributed by atoms with E-state index in [0.717, 1.165) is 23.7 Å². The number of hydrogen-bond acceptors (Lipinski definition) is 5. The molecule has 2 N–H and O–H groups in total. The van der Waals surface area contributed by atoms with Crippen molar-refractivity contribution in [2.24, 2.45) is 5.18 Å². The lowest BCUT2D eigenvalue weighted by molar-refractivity contribution is 0.314. The molecule has 2 aromatic carbocycles. The molecule has 0 fully saturated rings. The number of methoxy groups -OCH3 is 1. The Labute approximate surface area is 153 Å². The van der Waals surface area contributed by atoms with E-state index in [4.69, 9.17) is 4.74 Å². The Bertz CT molecular complexity index is 1080. The van der Waals surface area contributed by atoms with E-state index >= 15 is 0 Å². The van der Waals surface area contributed by atoms with Gasteiger partial charge in [0, 0.05) is 30.1 Å². The molecule has 1 aliphatic rings. The number of halogens is 2. The van der Waals surface area contributed by atoms with Crippen LogP contribution < -0.4 is 4.74 Å². The Hall–Kier alpha value is -3.00. The third-order valence-electron chi connectivity index (χ3n) is 5.04. The van der Waals surface area contributed by atoms with Gasteiger partial charge in [0.15, 0.2) is 17.3 Å². The molecule has 0 radical (unpaired) electrons. The summed E-state index contributed by atoms with van der Waals surface area (Å²) in [5.41, 5.74) is 3.04. The average molecular weight is 373 g/mol. The van der Waals surface area contributed by atoms with E-state index in [1.165, 1.54) is 13.2 Å². The molecule has 0 unspecified atom stereocenters. The zero-order valence-electron chi connectivity index (χ0n) is 14.8. The highest BCUT2D eigenvalue weighted by molar-refractivity contribution is 6.00. The summed E-state index contributed by atoms with van der Waals surface area (Å²) in [7, 11) is 3.27. The maximum Gasteiger partial charge on any atom is 0.219 e. The third-order valence-corrected chi connectivity index (χ3v) is 5.04. The first-order valence-corrected chi connectivity index (χ1v) is 8.39. The Morgan fingerprint density at radius 3 is 2.70 bits per heavy atom. The van der Waals surface area contributed by atoms with E-state index in [1.807, 2.05) is 7.05 Å². The summed E-state index contributed by atoms with van der Waals surface area (Å²) in [6.45, 7) is 1.31. The maximum atomic E-state index is 14.3. The summed E-state index contributed by atoms with van der Waals surface area (Å²) in [5, 5.41) is 13.4. The van der Waals surface area contributed by atoms with Crippen LogP contribution in [0.15, 0.2) is 23.4 Å². The summed E-state index contributed by atoms with van der Waals surface area (Å²) in [5.74, 6) is -1.93. The van der Waals surface area contributed by atoms with E-state index < -0.39 is 11.6 Å². The number of ether oxygens (including phenoxy) is 1. The number of H-pyrrole nitrogens is 1. The lowest BCUT2D eigenvalue weighted by Gasteiger charge is -2.28. The quantitative estimate of drug-likeness (QED) is 0.674. The first kappa shape index (κ1) is 17.4. The Morgan fingerprint density at radius 2 is 2.00 bits per heavy atom. The van der Waals surface area contributed by atoms with Gasteiger partial charge in [-0.2, -0.15) is 0 Å². The second-order valence-electron chi connectivity index (χ2n) is 6.67. The molecule has 27 heavy (non-hydrogen) atoms. The number of likely N-dealkylation sites (N-methyl/N-ethyl adjacent to an activating group) is 1. The Balaban J connectivity index is 2.12. The minimum Gasteiger partial charge on any atom is -0.493 e. The van der Waals surface area contributed by atoms with Crippen molar-refractivity contribution in [3.8, 4) is 22.8 Å². The fourth-order valence-electron chi connectivity index (χ4n) is 3.83. The van der Waals surface area contributed by atoms with Gasteiger partial charge < -0.3 is 19.7 Å². The van der Waals surface area contributed by atoms with Gasteiger partial charge in [-0.25, -0.2) is 8.78 Å². The molecule has 8 heteroatoms. The minimum atomic E-state index is -0.806. The molecule has 6 nitrogen and oxygen atoms in total. The zero-order valence-corrected chi connectivity index (χ0v) is 14.8. The fraction of sp³-hybridized carbons (Fsp3) is 0.263. The number of aromatic amines is 1. The number of hydrogen-bond donors (Lipinski definition) is 2. The van der Waals surface area contributed by atoms with Gasteiger partial charge in [0.25, 0.3) is 0 Å². The molecule has 140 valence electrons. The molecule has 0 bridgehead atoms. The van der Waals surface area contributed by atoms with Crippen LogP contribution in [0.5, 0.6) is 11.6 Å². The summed E-state index contributed by atoms with van der Waals surface area (Å²) in [6.07, 6.45) is 0.641. The topological polar surface area (TPSA) is 77.9 Å². The normalized spacial score (nSPS) is 14.4. The molecule has 3 aromatic rings. The van der Waals surface area contributed by atoms with E-state index in [0.29, 0.717) is 29.4 Å². The lowest BCUT2D eigenvalue weighted by atomic mass is 9.88. The maximum absolute atomic E-state index is 14.3. The monoisotopic (exact) mass is 373 g/mol. The summed E-state index contributed by atoms with van der Waals surface area (Å²) in [4.78, 5) is 16.1. The molecule has 0 saturated carbocycles. The third kappa shape index (κ3) is 2.64. The largest absolute Gasteiger partial charge is 0.493 e. The Morgan fingerprint density at radius 1 is 1.22 bits per heavy atom. The van der Waals surface area contributed by atoms with Crippen molar-refractivity contribution in [3.05, 3.63) is 45.9 Å². The predicted octanol–water partition coefficient (Wildman–Crippen LogP) is 4.21. The number of aromatic hydroxyl groups is 1. The van der Waals surface area contributed by atoms with E-state index in [1.54, 1.807) is 6.07 Å². The predicted molar refractivity (Wildman–Crippen MR) is 97.4 cm³/mol. The van der Waals surface area contributed by atoms with E-state index in [2.05, 4.69) is 15.1 Å². The number of benzene rings is 2. The first-order valence-electron chi connectivity index (χ1n) is 8.39. The highest BCUT2D eigenvalue weighted by Crippen LogP contribution is 2.45. The minimum absolute atomic E-state index is 0.0720. The highest BCUT2D eigenvalue weighted by atomic mass is 19.1. The molecule has 0 spiro atoms. The van der Waals surface area contributed by atoms with E-state index in [9.17, 15) is 18.8 Å². The molecular formula is C19H17F2N3O3. The van der Waals surface area contributed by atoms with Gasteiger partial charge in [-0.1, -0.05) is 0 Å².